The first kappa shape index (κ1) is 22.7. The minimum absolute atomic E-state index is 0.0675. The molecule has 0 radical (unpaired) electrons. The van der Waals surface area contributed by atoms with Gasteiger partial charge in [0.2, 0.25) is 0 Å². The van der Waals surface area contributed by atoms with Crippen molar-refractivity contribution in [2.24, 2.45) is 5.41 Å². The maximum Gasteiger partial charge on any atom is 0.411 e. The topological polar surface area (TPSA) is 95.9 Å². The van der Waals surface area contributed by atoms with Gasteiger partial charge in [-0.15, -0.1) is 0 Å². The number of nitrogens with one attached hydrogen (secondary N) is 1. The Morgan fingerprint density at radius 1 is 1.00 bits per heavy atom. The van der Waals surface area contributed by atoms with E-state index >= 15 is 0 Å². The van der Waals surface area contributed by atoms with E-state index in [2.05, 4.69) is 29.6 Å². The number of carbonyl (C=O) groups excluding carboxylic acids is 2. The minimum atomic E-state index is -0.945. The molecule has 3 aromatic carbocycles. The maximum atomic E-state index is 13.1. The third-order valence-electron chi connectivity index (χ3n) is 6.87. The lowest BCUT2D eigenvalue weighted by Gasteiger charge is -2.45. The Morgan fingerprint density at radius 2 is 1.60 bits per heavy atom. The van der Waals surface area contributed by atoms with Crippen molar-refractivity contribution in [1.29, 1.82) is 0 Å². The zero-order valence-electron chi connectivity index (χ0n) is 19.6. The quantitative estimate of drug-likeness (QED) is 0.553. The van der Waals surface area contributed by atoms with Crippen molar-refractivity contribution < 1.29 is 24.2 Å². The Morgan fingerprint density at radius 3 is 2.20 bits per heavy atom. The van der Waals surface area contributed by atoms with E-state index in [0.717, 1.165) is 27.8 Å². The molecule has 7 nitrogen and oxygen atoms in total. The van der Waals surface area contributed by atoms with Crippen LogP contribution in [-0.4, -0.2) is 47.7 Å². The number of fused-ring (bicyclic) bond motifs is 3. The second kappa shape index (κ2) is 8.58. The minimum Gasteiger partial charge on any atom is -0.481 e. The van der Waals surface area contributed by atoms with Crippen LogP contribution in [0.5, 0.6) is 0 Å². The molecule has 2 N–H and O–H groups in total. The van der Waals surface area contributed by atoms with Crippen LogP contribution in [0.25, 0.3) is 11.1 Å². The molecule has 1 aliphatic heterocycles. The van der Waals surface area contributed by atoms with Crippen LogP contribution in [-0.2, 0) is 9.53 Å². The fourth-order valence-corrected chi connectivity index (χ4v) is 4.93. The average Bonchev–Trinajstić information content (AvgIpc) is 3.15. The predicted octanol–water partition coefficient (Wildman–Crippen LogP) is 4.90. The van der Waals surface area contributed by atoms with Crippen molar-refractivity contribution in [3.05, 3.63) is 89.0 Å². The number of benzene rings is 3. The van der Waals surface area contributed by atoms with Gasteiger partial charge in [0, 0.05) is 19.0 Å². The average molecular weight is 471 g/mol. The summed E-state index contributed by atoms with van der Waals surface area (Å²) in [6.07, 6.45) is -0.649. The normalized spacial score (nSPS) is 15.5. The number of hydrogen-bond donors (Lipinski definition) is 2. The summed E-state index contributed by atoms with van der Waals surface area (Å²) >= 11 is 0. The molecule has 1 aliphatic carbocycles. The number of likely N-dealkylation sites (tertiary alicyclic amines) is 1. The number of aryl methyl sites for hydroxylation is 1. The Labute approximate surface area is 203 Å². The monoisotopic (exact) mass is 470 g/mol. The van der Waals surface area contributed by atoms with Crippen molar-refractivity contribution in [2.75, 3.05) is 25.0 Å². The van der Waals surface area contributed by atoms with Gasteiger partial charge >= 0.3 is 12.1 Å². The smallest absolute Gasteiger partial charge is 0.411 e. The van der Waals surface area contributed by atoms with Crippen LogP contribution in [0.3, 0.4) is 0 Å². The lowest BCUT2D eigenvalue weighted by atomic mass is 9.81. The Hall–Kier alpha value is -4.13. The number of amides is 2. The third-order valence-corrected chi connectivity index (χ3v) is 6.87. The van der Waals surface area contributed by atoms with E-state index in [1.165, 1.54) is 4.90 Å². The summed E-state index contributed by atoms with van der Waals surface area (Å²) in [5.74, 6) is -1.31. The highest BCUT2D eigenvalue weighted by Crippen LogP contribution is 2.44. The van der Waals surface area contributed by atoms with Crippen molar-refractivity contribution in [1.82, 2.24) is 4.90 Å². The van der Waals surface area contributed by atoms with Gasteiger partial charge in [0.05, 0.1) is 11.3 Å². The SMILES string of the molecule is Cc1ccc(NC(=O)OCC2c3ccccc3-c3ccccc32)c(C(=O)N2CC(C)(C(=O)O)C2)c1. The molecule has 0 bridgehead atoms. The van der Waals surface area contributed by atoms with Gasteiger partial charge in [-0.3, -0.25) is 14.9 Å². The summed E-state index contributed by atoms with van der Waals surface area (Å²) in [4.78, 5) is 38.7. The molecule has 35 heavy (non-hydrogen) atoms. The van der Waals surface area contributed by atoms with Gasteiger partial charge in [0.15, 0.2) is 0 Å². The third kappa shape index (κ3) is 4.03. The summed E-state index contributed by atoms with van der Waals surface area (Å²) in [6.45, 7) is 3.88. The molecule has 1 fully saturated rings. The van der Waals surface area contributed by atoms with Crippen LogP contribution in [0.1, 0.15) is 39.9 Å². The largest absolute Gasteiger partial charge is 0.481 e. The molecule has 0 unspecified atom stereocenters. The summed E-state index contributed by atoms with van der Waals surface area (Å²) in [5.41, 5.74) is 5.08. The molecule has 2 aliphatic rings. The van der Waals surface area contributed by atoms with E-state index in [0.29, 0.717) is 11.3 Å². The van der Waals surface area contributed by atoms with E-state index in [1.54, 1.807) is 25.1 Å². The molecule has 5 rings (SSSR count). The summed E-state index contributed by atoms with van der Waals surface area (Å²) in [6, 6.07) is 21.4. The number of anilines is 1. The van der Waals surface area contributed by atoms with Gasteiger partial charge in [0.25, 0.3) is 5.91 Å². The second-order valence-corrected chi connectivity index (χ2v) is 9.53. The molecule has 1 saturated heterocycles. The van der Waals surface area contributed by atoms with Crippen LogP contribution in [0.15, 0.2) is 66.7 Å². The van der Waals surface area contributed by atoms with Gasteiger partial charge in [0.1, 0.15) is 12.0 Å². The Kier molecular flexibility index (Phi) is 5.55. The van der Waals surface area contributed by atoms with Gasteiger partial charge in [-0.25, -0.2) is 4.79 Å². The van der Waals surface area contributed by atoms with E-state index in [4.69, 9.17) is 4.74 Å². The molecular weight excluding hydrogens is 444 g/mol. The highest BCUT2D eigenvalue weighted by molar-refractivity contribution is 6.03. The summed E-state index contributed by atoms with van der Waals surface area (Å²) in [5, 5.41) is 12.1. The maximum absolute atomic E-state index is 13.1. The summed E-state index contributed by atoms with van der Waals surface area (Å²) < 4.78 is 5.62. The van der Waals surface area contributed by atoms with Gasteiger partial charge < -0.3 is 14.7 Å². The van der Waals surface area contributed by atoms with Crippen LogP contribution < -0.4 is 5.32 Å². The standard InChI is InChI=1S/C28H26N2O5/c1-17-11-12-24(22(13-17)25(31)30-15-28(2,16-30)26(32)33)29-27(34)35-14-23-20-9-5-3-7-18(20)19-8-4-6-10-21(19)23/h3-13,23H,14-16H2,1-2H3,(H,29,34)(H,32,33). The number of carbonyl (C=O) groups is 3. The van der Waals surface area contributed by atoms with Crippen molar-refractivity contribution >= 4 is 23.7 Å². The number of carboxylic acids is 1. The first-order valence-corrected chi connectivity index (χ1v) is 11.5. The highest BCUT2D eigenvalue weighted by atomic mass is 16.5. The first-order valence-electron chi connectivity index (χ1n) is 11.5. The zero-order valence-corrected chi connectivity index (χ0v) is 19.6. The van der Waals surface area contributed by atoms with Gasteiger partial charge in [-0.05, 0) is 48.2 Å². The van der Waals surface area contributed by atoms with Crippen LogP contribution in [0, 0.1) is 12.3 Å². The lowest BCUT2D eigenvalue weighted by Crippen LogP contribution is -2.60. The molecule has 178 valence electrons. The predicted molar refractivity (Wildman–Crippen MR) is 132 cm³/mol. The fourth-order valence-electron chi connectivity index (χ4n) is 4.93. The lowest BCUT2D eigenvalue weighted by molar-refractivity contribution is -0.155. The van der Waals surface area contributed by atoms with Gasteiger partial charge in [-0.1, -0.05) is 60.2 Å². The molecule has 1 heterocycles. The van der Waals surface area contributed by atoms with E-state index in [-0.39, 0.29) is 31.5 Å². The molecule has 0 spiro atoms. The molecule has 3 aromatic rings. The van der Waals surface area contributed by atoms with Crippen LogP contribution in [0.4, 0.5) is 10.5 Å². The number of aliphatic carboxylic acids is 1. The van der Waals surface area contributed by atoms with Crippen molar-refractivity contribution in [3.8, 4) is 11.1 Å². The number of ether oxygens (including phenoxy) is 1. The number of nitrogens with zero attached hydrogens (tertiary/aromatic N) is 1. The van der Waals surface area contributed by atoms with Crippen molar-refractivity contribution in [3.63, 3.8) is 0 Å². The molecular formula is C28H26N2O5. The molecule has 7 heteroatoms. The second-order valence-electron chi connectivity index (χ2n) is 9.53. The van der Waals surface area contributed by atoms with E-state index in [9.17, 15) is 19.5 Å². The summed E-state index contributed by atoms with van der Waals surface area (Å²) in [7, 11) is 0. The number of rotatable bonds is 5. The molecule has 0 atom stereocenters. The molecule has 2 amide bonds. The number of carboxylic acid groups (broad SMARTS) is 1. The molecule has 0 aromatic heterocycles. The van der Waals surface area contributed by atoms with Gasteiger partial charge in [-0.2, -0.15) is 0 Å². The van der Waals surface area contributed by atoms with E-state index < -0.39 is 17.5 Å². The fraction of sp³-hybridized carbons (Fsp3) is 0.250. The highest BCUT2D eigenvalue weighted by Gasteiger charge is 2.47. The van der Waals surface area contributed by atoms with Crippen molar-refractivity contribution in [2.45, 2.75) is 19.8 Å². The van der Waals surface area contributed by atoms with E-state index in [1.807, 2.05) is 31.2 Å². The Bertz CT molecular complexity index is 1300. The van der Waals surface area contributed by atoms with Crippen LogP contribution in [0.2, 0.25) is 0 Å². The zero-order chi connectivity index (χ0) is 24.7. The Balaban J connectivity index is 1.29. The number of hydrogen-bond acceptors (Lipinski definition) is 4. The van der Waals surface area contributed by atoms with Crippen LogP contribution >= 0.6 is 0 Å². The molecule has 0 saturated carbocycles. The first-order chi connectivity index (χ1) is 16.8.